The number of ether oxygens (including phenoxy) is 4. The van der Waals surface area contributed by atoms with E-state index in [-0.39, 0.29) is 61.5 Å². The number of carbonyl (C=O) groups excluding carboxylic acids is 4. The lowest BCUT2D eigenvalue weighted by molar-refractivity contribution is -0.167. The normalized spacial score (nSPS) is 19.5. The van der Waals surface area contributed by atoms with E-state index in [0.717, 1.165) is 69.6 Å². The predicted molar refractivity (Wildman–Crippen MR) is 276 cm³/mol. The van der Waals surface area contributed by atoms with Gasteiger partial charge in [-0.25, -0.2) is 0 Å². The van der Waals surface area contributed by atoms with Crippen LogP contribution in [0.1, 0.15) is 265 Å². The van der Waals surface area contributed by atoms with Crippen LogP contribution in [-0.2, 0) is 38.1 Å². The van der Waals surface area contributed by atoms with Crippen LogP contribution < -0.4 is 0 Å². The van der Waals surface area contributed by atoms with Crippen LogP contribution in [0.3, 0.4) is 0 Å². The van der Waals surface area contributed by atoms with Crippen LogP contribution >= 0.6 is 0 Å². The van der Waals surface area contributed by atoms with Crippen LogP contribution in [0.4, 0.5) is 0 Å². The highest BCUT2D eigenvalue weighted by Crippen LogP contribution is 2.46. The van der Waals surface area contributed by atoms with Gasteiger partial charge in [0, 0.05) is 31.7 Å². The summed E-state index contributed by atoms with van der Waals surface area (Å²) in [5.41, 5.74) is 0. The Morgan fingerprint density at radius 3 is 1.46 bits per heavy atom. The molecule has 2 aliphatic carbocycles. The molecule has 0 heterocycles. The van der Waals surface area contributed by atoms with E-state index in [0.29, 0.717) is 32.2 Å². The second-order valence-corrected chi connectivity index (χ2v) is 21.1. The monoisotopic (exact) mass is 944 g/mol. The number of esters is 4. The second-order valence-electron chi connectivity index (χ2n) is 21.1. The first-order valence-electron chi connectivity index (χ1n) is 28.7. The minimum absolute atomic E-state index is 0.00918. The van der Waals surface area contributed by atoms with Gasteiger partial charge in [-0.1, -0.05) is 206 Å². The molecule has 9 nitrogen and oxygen atoms in total. The molecule has 0 bridgehead atoms. The van der Waals surface area contributed by atoms with E-state index in [1.54, 1.807) is 0 Å². The first-order valence-corrected chi connectivity index (χ1v) is 28.7. The number of allylic oxidation sites excluding steroid dienone is 2. The van der Waals surface area contributed by atoms with Crippen LogP contribution in [-0.4, -0.2) is 74.8 Å². The number of carbonyl (C=O) groups is 4. The van der Waals surface area contributed by atoms with Gasteiger partial charge in [0.1, 0.15) is 19.3 Å². The molecule has 0 spiro atoms. The SMILES string of the molecule is CC/C=C\CC1C(CC(=O)OCC(COC(=O)CCCCCCCC2CC2CCCCCCCC)OC(=O)CCCCCCCCCCCCCCCCCC)CCC1OC(=O)CCN(C)C. The third-order valence-electron chi connectivity index (χ3n) is 14.5. The molecule has 6 atom stereocenters. The number of rotatable bonds is 46. The van der Waals surface area contributed by atoms with E-state index in [2.05, 4.69) is 32.9 Å². The summed E-state index contributed by atoms with van der Waals surface area (Å²) in [5, 5.41) is 0. The van der Waals surface area contributed by atoms with Crippen molar-refractivity contribution in [1.82, 2.24) is 4.90 Å². The summed E-state index contributed by atoms with van der Waals surface area (Å²) in [6.45, 7) is 6.98. The van der Waals surface area contributed by atoms with Gasteiger partial charge in [-0.2, -0.15) is 0 Å². The molecule has 6 unspecified atom stereocenters. The van der Waals surface area contributed by atoms with E-state index in [1.807, 2.05) is 19.0 Å². The van der Waals surface area contributed by atoms with Crippen LogP contribution in [0.15, 0.2) is 12.2 Å². The van der Waals surface area contributed by atoms with Crippen molar-refractivity contribution in [3.63, 3.8) is 0 Å². The van der Waals surface area contributed by atoms with Gasteiger partial charge in [-0.15, -0.1) is 0 Å². The Balaban J connectivity index is 1.74. The molecule has 2 rings (SSSR count). The van der Waals surface area contributed by atoms with E-state index < -0.39 is 6.10 Å². The lowest BCUT2D eigenvalue weighted by atomic mass is 9.88. The molecule has 0 aromatic carbocycles. The zero-order valence-corrected chi connectivity index (χ0v) is 44.3. The van der Waals surface area contributed by atoms with Crippen molar-refractivity contribution in [2.75, 3.05) is 33.9 Å². The van der Waals surface area contributed by atoms with Gasteiger partial charge in [0.15, 0.2) is 6.10 Å². The maximum atomic E-state index is 13.3. The summed E-state index contributed by atoms with van der Waals surface area (Å²) >= 11 is 0. The minimum atomic E-state index is -0.856. The molecule has 2 saturated carbocycles. The zero-order valence-electron chi connectivity index (χ0n) is 44.3. The third kappa shape index (κ3) is 33.7. The molecular weight excluding hydrogens is 839 g/mol. The Bertz CT molecular complexity index is 1270. The maximum Gasteiger partial charge on any atom is 0.307 e. The molecular formula is C58H105NO8. The quantitative estimate of drug-likeness (QED) is 0.0255. The van der Waals surface area contributed by atoms with Crippen LogP contribution in [0.5, 0.6) is 0 Å². The van der Waals surface area contributed by atoms with Gasteiger partial charge < -0.3 is 23.8 Å². The van der Waals surface area contributed by atoms with E-state index in [1.165, 1.54) is 154 Å². The van der Waals surface area contributed by atoms with E-state index in [9.17, 15) is 19.2 Å². The highest BCUT2D eigenvalue weighted by molar-refractivity contribution is 5.71. The van der Waals surface area contributed by atoms with Gasteiger partial charge in [-0.05, 0) is 76.8 Å². The summed E-state index contributed by atoms with van der Waals surface area (Å²) in [5.74, 6) is 0.729. The van der Waals surface area contributed by atoms with E-state index in [4.69, 9.17) is 18.9 Å². The standard InChI is InChI=1S/C58H105NO8/c1-6-9-12-14-16-17-18-19-20-21-22-23-24-25-29-35-40-56(61)66-52(47-64-55(60)39-34-30-26-28-33-37-50-45-49(50)36-32-27-15-13-10-7-2)48-65-58(63)46-51-41-42-54(53(51)38-31-11-8-3)67-57(62)43-44-59(4)5/h11,31,49-54H,6-10,12-30,32-48H2,1-5H3/b31-11-. The van der Waals surface area contributed by atoms with Crippen molar-refractivity contribution in [3.05, 3.63) is 12.2 Å². The van der Waals surface area contributed by atoms with Gasteiger partial charge in [-0.3, -0.25) is 19.2 Å². The lowest BCUT2D eigenvalue weighted by Crippen LogP contribution is -2.31. The number of hydrogen-bond acceptors (Lipinski definition) is 9. The fraction of sp³-hybridized carbons (Fsp3) is 0.897. The molecule has 0 amide bonds. The van der Waals surface area contributed by atoms with E-state index >= 15 is 0 Å². The number of hydrogen-bond donors (Lipinski definition) is 0. The molecule has 0 aromatic rings. The summed E-state index contributed by atoms with van der Waals surface area (Å²) in [6, 6.07) is 0. The van der Waals surface area contributed by atoms with Gasteiger partial charge in [0.2, 0.25) is 0 Å². The Kier molecular flexibility index (Phi) is 37.5. The molecule has 0 saturated heterocycles. The second kappa shape index (κ2) is 41.4. The van der Waals surface area contributed by atoms with Crippen molar-refractivity contribution in [2.24, 2.45) is 23.7 Å². The molecule has 0 aromatic heterocycles. The first kappa shape index (κ1) is 60.7. The molecule has 67 heavy (non-hydrogen) atoms. The van der Waals surface area contributed by atoms with Crippen molar-refractivity contribution in [3.8, 4) is 0 Å². The summed E-state index contributed by atoms with van der Waals surface area (Å²) < 4.78 is 23.1. The Morgan fingerprint density at radius 1 is 0.507 bits per heavy atom. The van der Waals surface area contributed by atoms with Crippen LogP contribution in [0, 0.1) is 23.7 Å². The molecule has 2 aliphatic rings. The Labute approximate surface area is 412 Å². The third-order valence-corrected chi connectivity index (χ3v) is 14.5. The van der Waals surface area contributed by atoms with Crippen molar-refractivity contribution < 1.29 is 38.1 Å². The molecule has 0 N–H and O–H groups in total. The number of unbranched alkanes of at least 4 members (excludes halogenated alkanes) is 24. The highest BCUT2D eigenvalue weighted by Gasteiger charge is 2.39. The maximum absolute atomic E-state index is 13.3. The molecule has 0 radical (unpaired) electrons. The summed E-state index contributed by atoms with van der Waals surface area (Å²) in [6.07, 6.45) is 45.6. The Hall–Kier alpha value is -2.42. The topological polar surface area (TPSA) is 108 Å². The van der Waals surface area contributed by atoms with Crippen LogP contribution in [0.2, 0.25) is 0 Å². The average Bonchev–Trinajstić information content (AvgIpc) is 3.97. The van der Waals surface area contributed by atoms with Crippen molar-refractivity contribution >= 4 is 23.9 Å². The average molecular weight is 944 g/mol. The summed E-state index contributed by atoms with van der Waals surface area (Å²) in [7, 11) is 3.87. The highest BCUT2D eigenvalue weighted by atomic mass is 16.6. The largest absolute Gasteiger partial charge is 0.462 e. The fourth-order valence-electron chi connectivity index (χ4n) is 10.1. The fourth-order valence-corrected chi connectivity index (χ4v) is 10.1. The van der Waals surface area contributed by atoms with Gasteiger partial charge in [0.05, 0.1) is 6.42 Å². The smallest absolute Gasteiger partial charge is 0.307 e. The predicted octanol–water partition coefficient (Wildman–Crippen LogP) is 15.4. The van der Waals surface area contributed by atoms with Crippen molar-refractivity contribution in [2.45, 2.75) is 277 Å². The van der Waals surface area contributed by atoms with Gasteiger partial charge in [0.25, 0.3) is 0 Å². The molecule has 390 valence electrons. The lowest BCUT2D eigenvalue weighted by Gasteiger charge is -2.24. The Morgan fingerprint density at radius 2 is 0.970 bits per heavy atom. The summed E-state index contributed by atoms with van der Waals surface area (Å²) in [4.78, 5) is 53.8. The first-order chi connectivity index (χ1) is 32.7. The molecule has 0 aliphatic heterocycles. The minimum Gasteiger partial charge on any atom is -0.462 e. The van der Waals surface area contributed by atoms with Crippen molar-refractivity contribution in [1.29, 1.82) is 0 Å². The number of nitrogens with zero attached hydrogens (tertiary/aromatic N) is 1. The zero-order chi connectivity index (χ0) is 48.6. The molecule has 9 heteroatoms. The van der Waals surface area contributed by atoms with Crippen LogP contribution in [0.25, 0.3) is 0 Å². The molecule has 2 fully saturated rings. The van der Waals surface area contributed by atoms with Gasteiger partial charge >= 0.3 is 23.9 Å².